The predicted octanol–water partition coefficient (Wildman–Crippen LogP) is 0.437. The van der Waals surface area contributed by atoms with E-state index in [-0.39, 0.29) is 18.3 Å². The second kappa shape index (κ2) is 7.17. The van der Waals surface area contributed by atoms with Crippen molar-refractivity contribution in [1.29, 1.82) is 0 Å². The molecule has 0 aliphatic carbocycles. The first kappa shape index (κ1) is 15.5. The molecule has 0 saturated heterocycles. The molecule has 2 rings (SSSR count). The first-order chi connectivity index (χ1) is 8.74. The highest BCUT2D eigenvalue weighted by Gasteiger charge is 2.18. The summed E-state index contributed by atoms with van der Waals surface area (Å²) < 4.78 is 1.50. The van der Waals surface area contributed by atoms with Crippen LogP contribution < -0.4 is 5.32 Å². The van der Waals surface area contributed by atoms with Gasteiger partial charge in [0.05, 0.1) is 5.69 Å². The molecule has 9 heteroatoms. The topological polar surface area (TPSA) is 75.9 Å². The van der Waals surface area contributed by atoms with Gasteiger partial charge in [0.15, 0.2) is 0 Å². The highest BCUT2D eigenvalue weighted by Crippen LogP contribution is 2.21. The van der Waals surface area contributed by atoms with Crippen molar-refractivity contribution in [3.05, 3.63) is 22.7 Å². The van der Waals surface area contributed by atoms with E-state index in [1.165, 1.54) is 22.3 Å². The molecule has 7 nitrogen and oxygen atoms in total. The number of tetrazole rings is 1. The molecule has 19 heavy (non-hydrogen) atoms. The quantitative estimate of drug-likeness (QED) is 0.867. The summed E-state index contributed by atoms with van der Waals surface area (Å²) in [5.41, 5.74) is 0.714. The summed E-state index contributed by atoms with van der Waals surface area (Å²) in [6.07, 6.45) is 1.48. The summed E-state index contributed by atoms with van der Waals surface area (Å²) in [7, 11) is 3.64. The lowest BCUT2D eigenvalue weighted by Crippen LogP contribution is -2.32. The molecule has 1 N–H and O–H groups in total. The number of carbonyl (C=O) groups excluding carboxylic acids is 1. The fourth-order valence-corrected chi connectivity index (χ4v) is 2.34. The van der Waals surface area contributed by atoms with Crippen LogP contribution in [0.2, 0.25) is 0 Å². The predicted molar refractivity (Wildman–Crippen MR) is 75.2 cm³/mol. The number of hydrogen-bond donors (Lipinski definition) is 1. The molecule has 0 bridgehead atoms. The first-order valence-electron chi connectivity index (χ1n) is 5.45. The number of rotatable bonds is 5. The summed E-state index contributed by atoms with van der Waals surface area (Å²) in [6.45, 7) is 1.41. The highest BCUT2D eigenvalue weighted by atomic mass is 35.5. The van der Waals surface area contributed by atoms with Gasteiger partial charge in [0.2, 0.25) is 0 Å². The van der Waals surface area contributed by atoms with E-state index >= 15 is 0 Å². The maximum absolute atomic E-state index is 12.3. The molecule has 2 aromatic rings. The Kier molecular flexibility index (Phi) is 5.87. The molecule has 0 aromatic carbocycles. The molecule has 0 aliphatic rings. The van der Waals surface area contributed by atoms with Crippen LogP contribution in [0.1, 0.15) is 9.67 Å². The molecule has 104 valence electrons. The zero-order valence-corrected chi connectivity index (χ0v) is 12.2. The van der Waals surface area contributed by atoms with Gasteiger partial charge in [-0.25, -0.2) is 0 Å². The largest absolute Gasteiger partial charge is 0.340 e. The summed E-state index contributed by atoms with van der Waals surface area (Å²) in [5.74, 6) is -0.0225. The molecule has 0 atom stereocenters. The fourth-order valence-electron chi connectivity index (χ4n) is 1.47. The summed E-state index contributed by atoms with van der Waals surface area (Å²) in [5, 5.41) is 15.8. The smallest absolute Gasteiger partial charge is 0.265 e. The highest BCUT2D eigenvalue weighted by molar-refractivity contribution is 7.12. The number of halogens is 1. The number of aromatic nitrogens is 4. The Morgan fingerprint density at radius 1 is 1.58 bits per heavy atom. The van der Waals surface area contributed by atoms with Gasteiger partial charge in [0.25, 0.3) is 5.91 Å². The van der Waals surface area contributed by atoms with Crippen molar-refractivity contribution in [3.8, 4) is 5.69 Å². The fraction of sp³-hybridized carbons (Fsp3) is 0.400. The van der Waals surface area contributed by atoms with Crippen LogP contribution in [0.15, 0.2) is 17.8 Å². The van der Waals surface area contributed by atoms with E-state index in [1.54, 1.807) is 11.9 Å². The third-order valence-corrected chi connectivity index (χ3v) is 3.37. The van der Waals surface area contributed by atoms with Crippen molar-refractivity contribution in [1.82, 2.24) is 30.4 Å². The Morgan fingerprint density at radius 3 is 3.00 bits per heavy atom. The monoisotopic (exact) mass is 302 g/mol. The summed E-state index contributed by atoms with van der Waals surface area (Å²) in [6, 6.07) is 1.83. The molecule has 0 radical (unpaired) electrons. The molecule has 1 amide bonds. The molecule has 0 unspecified atom stereocenters. The van der Waals surface area contributed by atoms with Crippen LogP contribution in [0.3, 0.4) is 0 Å². The van der Waals surface area contributed by atoms with E-state index in [2.05, 4.69) is 20.8 Å². The zero-order valence-electron chi connectivity index (χ0n) is 10.6. The molecular formula is C10H15ClN6OS. The SMILES string of the molecule is CNCCN(C)C(=O)c1sccc1-n1cnnn1.Cl. The van der Waals surface area contributed by atoms with Gasteiger partial charge in [0.1, 0.15) is 11.2 Å². The maximum Gasteiger partial charge on any atom is 0.265 e. The van der Waals surface area contributed by atoms with Crippen molar-refractivity contribution < 1.29 is 4.79 Å². The molecule has 2 aromatic heterocycles. The maximum atomic E-state index is 12.3. The minimum Gasteiger partial charge on any atom is -0.340 e. The Labute approximate surface area is 121 Å². The Bertz CT molecular complexity index is 514. The van der Waals surface area contributed by atoms with Crippen LogP contribution in [0.5, 0.6) is 0 Å². The lowest BCUT2D eigenvalue weighted by Gasteiger charge is -2.16. The minimum atomic E-state index is -0.0225. The molecule has 0 saturated carbocycles. The van der Waals surface area contributed by atoms with E-state index in [0.29, 0.717) is 17.1 Å². The van der Waals surface area contributed by atoms with Crippen LogP contribution in [0, 0.1) is 0 Å². The van der Waals surface area contributed by atoms with Crippen molar-refractivity contribution in [2.75, 3.05) is 27.2 Å². The van der Waals surface area contributed by atoms with Gasteiger partial charge >= 0.3 is 0 Å². The van der Waals surface area contributed by atoms with E-state index in [1.807, 2.05) is 18.5 Å². The number of amides is 1. The van der Waals surface area contributed by atoms with Crippen molar-refractivity contribution in [3.63, 3.8) is 0 Å². The average molecular weight is 303 g/mol. The molecule has 0 fully saturated rings. The van der Waals surface area contributed by atoms with Crippen LogP contribution in [-0.4, -0.2) is 58.2 Å². The molecule has 0 aliphatic heterocycles. The second-order valence-electron chi connectivity index (χ2n) is 3.72. The van der Waals surface area contributed by atoms with Gasteiger partial charge in [-0.2, -0.15) is 4.68 Å². The Hall–Kier alpha value is -1.51. The first-order valence-corrected chi connectivity index (χ1v) is 6.33. The van der Waals surface area contributed by atoms with Gasteiger partial charge in [0, 0.05) is 20.1 Å². The number of likely N-dealkylation sites (N-methyl/N-ethyl adjacent to an activating group) is 2. The molecular weight excluding hydrogens is 288 g/mol. The number of thiophene rings is 1. The second-order valence-corrected chi connectivity index (χ2v) is 4.64. The van der Waals surface area contributed by atoms with Gasteiger partial charge in [-0.15, -0.1) is 28.8 Å². The summed E-state index contributed by atoms with van der Waals surface area (Å²) in [4.78, 5) is 14.6. The Balaban J connectivity index is 0.00000180. The van der Waals surface area contributed by atoms with Gasteiger partial charge in [-0.1, -0.05) is 0 Å². The number of nitrogens with zero attached hydrogens (tertiary/aromatic N) is 5. The van der Waals surface area contributed by atoms with E-state index in [9.17, 15) is 4.79 Å². The third-order valence-electron chi connectivity index (χ3n) is 2.48. The number of nitrogens with one attached hydrogen (secondary N) is 1. The average Bonchev–Trinajstić information content (AvgIpc) is 3.03. The lowest BCUT2D eigenvalue weighted by molar-refractivity contribution is 0.0801. The van der Waals surface area contributed by atoms with E-state index in [4.69, 9.17) is 0 Å². The van der Waals surface area contributed by atoms with Gasteiger partial charge in [-0.05, 0) is 28.9 Å². The standard InChI is InChI=1S/C10H14N6OS.ClH/c1-11-4-5-15(2)10(17)9-8(3-6-18-9)16-7-12-13-14-16;/h3,6-7,11H,4-5H2,1-2H3;1H. The third kappa shape index (κ3) is 3.49. The molecule has 0 spiro atoms. The Morgan fingerprint density at radius 2 is 2.37 bits per heavy atom. The van der Waals surface area contributed by atoms with Crippen molar-refractivity contribution in [2.45, 2.75) is 0 Å². The number of hydrogen-bond acceptors (Lipinski definition) is 6. The normalized spacial score (nSPS) is 10.0. The van der Waals surface area contributed by atoms with Gasteiger partial charge < -0.3 is 10.2 Å². The summed E-state index contributed by atoms with van der Waals surface area (Å²) >= 11 is 1.39. The van der Waals surface area contributed by atoms with Crippen molar-refractivity contribution >= 4 is 29.7 Å². The van der Waals surface area contributed by atoms with Crippen LogP contribution in [-0.2, 0) is 0 Å². The van der Waals surface area contributed by atoms with Crippen molar-refractivity contribution in [2.24, 2.45) is 0 Å². The van der Waals surface area contributed by atoms with Crippen LogP contribution in [0.25, 0.3) is 5.69 Å². The van der Waals surface area contributed by atoms with Crippen LogP contribution >= 0.6 is 23.7 Å². The lowest BCUT2D eigenvalue weighted by atomic mass is 10.3. The minimum absolute atomic E-state index is 0. The van der Waals surface area contributed by atoms with E-state index in [0.717, 1.165) is 6.54 Å². The van der Waals surface area contributed by atoms with E-state index < -0.39 is 0 Å². The zero-order chi connectivity index (χ0) is 13.0. The van der Waals surface area contributed by atoms with Gasteiger partial charge in [-0.3, -0.25) is 4.79 Å². The molecule has 2 heterocycles. The van der Waals surface area contributed by atoms with Crippen LogP contribution in [0.4, 0.5) is 0 Å². The number of carbonyl (C=O) groups is 1.